The van der Waals surface area contributed by atoms with E-state index < -0.39 is 0 Å². The lowest BCUT2D eigenvalue weighted by atomic mass is 10.2. The zero-order valence-electron chi connectivity index (χ0n) is 9.10. The van der Waals surface area contributed by atoms with E-state index in [0.29, 0.717) is 11.2 Å². The number of likely N-dealkylation sites (tertiary alicyclic amines) is 1. The summed E-state index contributed by atoms with van der Waals surface area (Å²) in [4.78, 5) is 4.88. The van der Waals surface area contributed by atoms with Crippen LogP contribution < -0.4 is 4.90 Å². The Morgan fingerprint density at radius 3 is 2.69 bits per heavy atom. The summed E-state index contributed by atoms with van der Waals surface area (Å²) in [6.07, 6.45) is 3.94. The molecule has 3 heterocycles. The Labute approximate surface area is 105 Å². The van der Waals surface area contributed by atoms with Gasteiger partial charge in [-0.15, -0.1) is 0 Å². The molecule has 1 atom stereocenters. The van der Waals surface area contributed by atoms with E-state index >= 15 is 0 Å². The minimum atomic E-state index is 0.562. The van der Waals surface area contributed by atoms with E-state index in [-0.39, 0.29) is 0 Å². The van der Waals surface area contributed by atoms with Crippen LogP contribution >= 0.6 is 23.3 Å². The Morgan fingerprint density at radius 1 is 1.19 bits per heavy atom. The number of rotatable bonds is 2. The summed E-state index contributed by atoms with van der Waals surface area (Å²) >= 11 is 7.21. The first-order chi connectivity index (χ1) is 7.84. The summed E-state index contributed by atoms with van der Waals surface area (Å²) in [5, 5.41) is 0.562. The highest BCUT2D eigenvalue weighted by molar-refractivity contribution is 6.99. The summed E-state index contributed by atoms with van der Waals surface area (Å²) in [5.74, 6) is 0.883. The molecule has 1 unspecified atom stereocenters. The molecule has 0 radical (unpaired) electrons. The van der Waals surface area contributed by atoms with Crippen molar-refractivity contribution < 1.29 is 0 Å². The number of nitrogens with zero attached hydrogens (tertiary/aromatic N) is 4. The molecule has 0 spiro atoms. The lowest BCUT2D eigenvalue weighted by Gasteiger charge is -2.23. The van der Waals surface area contributed by atoms with Crippen molar-refractivity contribution in [3.05, 3.63) is 5.15 Å². The van der Waals surface area contributed by atoms with Crippen LogP contribution in [0.5, 0.6) is 0 Å². The standard InChI is InChI=1S/C10H15ClN4S/c11-9-10(13-16-12-9)15-6-3-8(7-15)14-4-1-2-5-14/h8H,1-7H2. The van der Waals surface area contributed by atoms with Crippen molar-refractivity contribution in [2.75, 3.05) is 31.1 Å². The van der Waals surface area contributed by atoms with Gasteiger partial charge in [-0.1, -0.05) is 11.6 Å². The second-order valence-electron chi connectivity index (χ2n) is 4.51. The van der Waals surface area contributed by atoms with E-state index in [2.05, 4.69) is 18.5 Å². The zero-order valence-corrected chi connectivity index (χ0v) is 10.7. The van der Waals surface area contributed by atoms with Crippen molar-refractivity contribution in [3.63, 3.8) is 0 Å². The fourth-order valence-electron chi connectivity index (χ4n) is 2.70. The van der Waals surface area contributed by atoms with E-state index in [1.54, 1.807) is 0 Å². The number of hydrogen-bond acceptors (Lipinski definition) is 5. The van der Waals surface area contributed by atoms with Crippen molar-refractivity contribution in [2.45, 2.75) is 25.3 Å². The molecule has 0 amide bonds. The van der Waals surface area contributed by atoms with Crippen LogP contribution in [0.2, 0.25) is 5.15 Å². The van der Waals surface area contributed by atoms with E-state index in [1.165, 1.54) is 44.1 Å². The monoisotopic (exact) mass is 258 g/mol. The van der Waals surface area contributed by atoms with Crippen LogP contribution in [-0.4, -0.2) is 45.9 Å². The summed E-state index contributed by atoms with van der Waals surface area (Å²) in [6, 6.07) is 0.695. The Hall–Kier alpha value is -0.390. The van der Waals surface area contributed by atoms with Crippen LogP contribution in [0.15, 0.2) is 0 Å². The molecule has 4 nitrogen and oxygen atoms in total. The van der Waals surface area contributed by atoms with Crippen molar-refractivity contribution >= 4 is 29.1 Å². The quantitative estimate of drug-likeness (QED) is 0.811. The number of halogens is 1. The lowest BCUT2D eigenvalue weighted by Crippen LogP contribution is -2.35. The maximum Gasteiger partial charge on any atom is 0.187 e. The average molecular weight is 259 g/mol. The molecule has 3 rings (SSSR count). The van der Waals surface area contributed by atoms with E-state index in [4.69, 9.17) is 11.6 Å². The molecule has 0 aliphatic carbocycles. The molecule has 2 fully saturated rings. The molecule has 88 valence electrons. The van der Waals surface area contributed by atoms with Gasteiger partial charge in [0.2, 0.25) is 0 Å². The third-order valence-electron chi connectivity index (χ3n) is 3.55. The van der Waals surface area contributed by atoms with Crippen LogP contribution in [0.3, 0.4) is 0 Å². The molecule has 6 heteroatoms. The Bertz CT molecular complexity index is 363. The van der Waals surface area contributed by atoms with Gasteiger partial charge in [-0.3, -0.25) is 4.90 Å². The molecule has 2 aliphatic heterocycles. The van der Waals surface area contributed by atoms with Gasteiger partial charge in [-0.25, -0.2) is 0 Å². The van der Waals surface area contributed by atoms with E-state index in [9.17, 15) is 0 Å². The fourth-order valence-corrected chi connectivity index (χ4v) is 3.48. The Kier molecular flexibility index (Phi) is 3.00. The molecule has 2 saturated heterocycles. The van der Waals surface area contributed by atoms with Gasteiger partial charge in [0, 0.05) is 19.1 Å². The van der Waals surface area contributed by atoms with Crippen molar-refractivity contribution in [3.8, 4) is 0 Å². The largest absolute Gasteiger partial charge is 0.352 e. The normalized spacial score (nSPS) is 26.8. The van der Waals surface area contributed by atoms with Crippen LogP contribution in [0.1, 0.15) is 19.3 Å². The lowest BCUT2D eigenvalue weighted by molar-refractivity contribution is 0.260. The second-order valence-corrected chi connectivity index (χ2v) is 5.40. The highest BCUT2D eigenvalue weighted by Crippen LogP contribution is 2.28. The minimum Gasteiger partial charge on any atom is -0.352 e. The summed E-state index contributed by atoms with van der Waals surface area (Å²) in [5.41, 5.74) is 0. The topological polar surface area (TPSA) is 32.3 Å². The average Bonchev–Trinajstić information content (AvgIpc) is 2.96. The predicted octanol–water partition coefficient (Wildman–Crippen LogP) is 1.87. The van der Waals surface area contributed by atoms with Gasteiger partial charge >= 0.3 is 0 Å². The van der Waals surface area contributed by atoms with Crippen molar-refractivity contribution in [1.29, 1.82) is 0 Å². The molecule has 16 heavy (non-hydrogen) atoms. The molecule has 1 aromatic rings. The molecule has 1 aromatic heterocycles. The smallest absolute Gasteiger partial charge is 0.187 e. The van der Waals surface area contributed by atoms with Gasteiger partial charge < -0.3 is 4.90 Å². The molecule has 0 bridgehead atoms. The van der Waals surface area contributed by atoms with Crippen LogP contribution in [0, 0.1) is 0 Å². The van der Waals surface area contributed by atoms with Crippen molar-refractivity contribution in [2.24, 2.45) is 0 Å². The van der Waals surface area contributed by atoms with Gasteiger partial charge in [-0.2, -0.15) is 8.75 Å². The SMILES string of the molecule is Clc1nsnc1N1CCC(N2CCCC2)C1. The summed E-state index contributed by atoms with van der Waals surface area (Å²) in [6.45, 7) is 4.65. The zero-order chi connectivity index (χ0) is 11.0. The van der Waals surface area contributed by atoms with E-state index in [1.807, 2.05) is 0 Å². The molecule has 0 aromatic carbocycles. The number of aromatic nitrogens is 2. The van der Waals surface area contributed by atoms with Crippen LogP contribution in [0.25, 0.3) is 0 Å². The van der Waals surface area contributed by atoms with Gasteiger partial charge in [0.05, 0.1) is 11.7 Å². The minimum absolute atomic E-state index is 0.562. The maximum atomic E-state index is 6.01. The predicted molar refractivity (Wildman–Crippen MR) is 66.3 cm³/mol. The third kappa shape index (κ3) is 1.92. The third-order valence-corrected chi connectivity index (χ3v) is 4.43. The van der Waals surface area contributed by atoms with Gasteiger partial charge in [0.25, 0.3) is 0 Å². The summed E-state index contributed by atoms with van der Waals surface area (Å²) < 4.78 is 8.29. The first-order valence-corrected chi connectivity index (χ1v) is 6.92. The number of anilines is 1. The first-order valence-electron chi connectivity index (χ1n) is 5.81. The molecule has 0 saturated carbocycles. The van der Waals surface area contributed by atoms with Crippen LogP contribution in [0.4, 0.5) is 5.82 Å². The first kappa shape index (κ1) is 10.7. The maximum absolute atomic E-state index is 6.01. The van der Waals surface area contributed by atoms with Gasteiger partial charge in [-0.05, 0) is 32.4 Å². The van der Waals surface area contributed by atoms with Gasteiger partial charge in [0.1, 0.15) is 0 Å². The fraction of sp³-hybridized carbons (Fsp3) is 0.800. The molecule has 2 aliphatic rings. The molecular formula is C10H15ClN4S. The Morgan fingerprint density at radius 2 is 2.00 bits per heavy atom. The van der Waals surface area contributed by atoms with E-state index in [0.717, 1.165) is 18.9 Å². The Balaban J connectivity index is 1.66. The number of hydrogen-bond donors (Lipinski definition) is 0. The second kappa shape index (κ2) is 4.47. The van der Waals surface area contributed by atoms with Crippen LogP contribution in [-0.2, 0) is 0 Å². The summed E-state index contributed by atoms with van der Waals surface area (Å²) in [7, 11) is 0. The molecular weight excluding hydrogens is 244 g/mol. The van der Waals surface area contributed by atoms with Gasteiger partial charge in [0.15, 0.2) is 11.0 Å². The highest BCUT2D eigenvalue weighted by atomic mass is 35.5. The highest BCUT2D eigenvalue weighted by Gasteiger charge is 2.31. The van der Waals surface area contributed by atoms with Crippen molar-refractivity contribution in [1.82, 2.24) is 13.6 Å². The molecule has 0 N–H and O–H groups in total.